The lowest BCUT2D eigenvalue weighted by Gasteiger charge is -2.08. The van der Waals surface area contributed by atoms with Crippen LogP contribution in [0.2, 0.25) is 0 Å². The summed E-state index contributed by atoms with van der Waals surface area (Å²) in [6.45, 7) is 5.97. The zero-order chi connectivity index (χ0) is 10.2. The summed E-state index contributed by atoms with van der Waals surface area (Å²) in [5, 5.41) is 0. The first-order chi connectivity index (χ1) is 6.88. The SMILES string of the molecule is C=CCOc1ccccc1OC=CC. The van der Waals surface area contributed by atoms with Crippen LogP contribution in [0.1, 0.15) is 6.92 Å². The van der Waals surface area contributed by atoms with E-state index in [9.17, 15) is 0 Å². The normalized spacial score (nSPS) is 10.1. The first-order valence-electron chi connectivity index (χ1n) is 4.49. The lowest BCUT2D eigenvalue weighted by Crippen LogP contribution is -1.95. The van der Waals surface area contributed by atoms with E-state index in [-0.39, 0.29) is 0 Å². The first-order valence-corrected chi connectivity index (χ1v) is 4.49. The zero-order valence-electron chi connectivity index (χ0n) is 8.27. The average Bonchev–Trinajstić information content (AvgIpc) is 2.24. The molecule has 0 spiro atoms. The highest BCUT2D eigenvalue weighted by molar-refractivity contribution is 5.40. The Labute approximate surface area is 84.5 Å². The molecule has 0 unspecified atom stereocenters. The Kier molecular flexibility index (Phi) is 4.35. The van der Waals surface area contributed by atoms with Gasteiger partial charge in [-0.1, -0.05) is 30.9 Å². The molecular formula is C12H14O2. The van der Waals surface area contributed by atoms with Gasteiger partial charge in [0.05, 0.1) is 6.26 Å². The highest BCUT2D eigenvalue weighted by Crippen LogP contribution is 2.26. The van der Waals surface area contributed by atoms with Gasteiger partial charge in [0, 0.05) is 0 Å². The molecule has 14 heavy (non-hydrogen) atoms. The van der Waals surface area contributed by atoms with Gasteiger partial charge in [0.2, 0.25) is 0 Å². The Bertz CT molecular complexity index is 316. The molecule has 0 atom stereocenters. The topological polar surface area (TPSA) is 18.5 Å². The molecule has 0 fully saturated rings. The van der Waals surface area contributed by atoms with Crippen LogP contribution in [0.15, 0.2) is 49.3 Å². The quantitative estimate of drug-likeness (QED) is 0.524. The Hall–Kier alpha value is -1.70. The smallest absolute Gasteiger partial charge is 0.168 e. The second-order valence-corrected chi connectivity index (χ2v) is 2.63. The lowest BCUT2D eigenvalue weighted by atomic mass is 10.3. The summed E-state index contributed by atoms with van der Waals surface area (Å²) < 4.78 is 10.7. The number of hydrogen-bond donors (Lipinski definition) is 0. The van der Waals surface area contributed by atoms with Gasteiger partial charge in [-0.15, -0.1) is 0 Å². The van der Waals surface area contributed by atoms with Gasteiger partial charge in [-0.05, 0) is 19.1 Å². The second kappa shape index (κ2) is 5.86. The fraction of sp³-hybridized carbons (Fsp3) is 0.167. The van der Waals surface area contributed by atoms with Crippen LogP contribution in [0, 0.1) is 0 Å². The van der Waals surface area contributed by atoms with E-state index >= 15 is 0 Å². The molecule has 0 amide bonds. The molecule has 0 saturated heterocycles. The molecule has 1 rings (SSSR count). The second-order valence-electron chi connectivity index (χ2n) is 2.63. The van der Waals surface area contributed by atoms with Crippen molar-refractivity contribution in [3.63, 3.8) is 0 Å². The van der Waals surface area contributed by atoms with Gasteiger partial charge in [0.1, 0.15) is 6.61 Å². The van der Waals surface area contributed by atoms with Crippen molar-refractivity contribution in [2.45, 2.75) is 6.92 Å². The third kappa shape index (κ3) is 2.98. The van der Waals surface area contributed by atoms with Crippen LogP contribution in [0.4, 0.5) is 0 Å². The Morgan fingerprint density at radius 3 is 2.64 bits per heavy atom. The van der Waals surface area contributed by atoms with Crippen molar-refractivity contribution in [1.82, 2.24) is 0 Å². The molecule has 0 radical (unpaired) electrons. The maximum absolute atomic E-state index is 5.41. The fourth-order valence-electron chi connectivity index (χ4n) is 0.957. The summed E-state index contributed by atoms with van der Waals surface area (Å²) in [6, 6.07) is 7.53. The van der Waals surface area contributed by atoms with Crippen molar-refractivity contribution in [2.75, 3.05) is 6.61 Å². The van der Waals surface area contributed by atoms with Crippen LogP contribution in [0.25, 0.3) is 0 Å². The van der Waals surface area contributed by atoms with Crippen LogP contribution in [-0.2, 0) is 0 Å². The maximum atomic E-state index is 5.41. The number of benzene rings is 1. The van der Waals surface area contributed by atoms with E-state index in [0.717, 1.165) is 5.75 Å². The lowest BCUT2D eigenvalue weighted by molar-refractivity contribution is 0.339. The predicted octanol–water partition coefficient (Wildman–Crippen LogP) is 3.16. The van der Waals surface area contributed by atoms with Crippen molar-refractivity contribution in [1.29, 1.82) is 0 Å². The number of allylic oxidation sites excluding steroid dienone is 1. The summed E-state index contributed by atoms with van der Waals surface area (Å²) in [5.74, 6) is 1.44. The molecule has 0 heterocycles. The van der Waals surface area contributed by atoms with Gasteiger partial charge in [-0.3, -0.25) is 0 Å². The van der Waals surface area contributed by atoms with Crippen LogP contribution in [0.3, 0.4) is 0 Å². The van der Waals surface area contributed by atoms with Gasteiger partial charge in [0.25, 0.3) is 0 Å². The molecule has 0 saturated carbocycles. The Balaban J connectivity index is 2.74. The predicted molar refractivity (Wildman–Crippen MR) is 57.6 cm³/mol. The largest absolute Gasteiger partial charge is 0.486 e. The van der Waals surface area contributed by atoms with Gasteiger partial charge < -0.3 is 9.47 Å². The molecule has 0 N–H and O–H groups in total. The van der Waals surface area contributed by atoms with Gasteiger partial charge in [-0.2, -0.15) is 0 Å². The van der Waals surface area contributed by atoms with Crippen molar-refractivity contribution < 1.29 is 9.47 Å². The Morgan fingerprint density at radius 2 is 2.00 bits per heavy atom. The van der Waals surface area contributed by atoms with Crippen molar-refractivity contribution in [2.24, 2.45) is 0 Å². The molecule has 1 aromatic carbocycles. The third-order valence-electron chi connectivity index (χ3n) is 1.54. The summed E-state index contributed by atoms with van der Waals surface area (Å²) in [5.41, 5.74) is 0. The van der Waals surface area contributed by atoms with E-state index in [2.05, 4.69) is 6.58 Å². The third-order valence-corrected chi connectivity index (χ3v) is 1.54. The highest BCUT2D eigenvalue weighted by Gasteiger charge is 2.00. The van der Waals surface area contributed by atoms with Crippen LogP contribution in [-0.4, -0.2) is 6.61 Å². The highest BCUT2D eigenvalue weighted by atomic mass is 16.5. The van der Waals surface area contributed by atoms with E-state index in [4.69, 9.17) is 9.47 Å². The molecular weight excluding hydrogens is 176 g/mol. The summed E-state index contributed by atoms with van der Waals surface area (Å²) >= 11 is 0. The minimum atomic E-state index is 0.482. The van der Waals surface area contributed by atoms with Crippen LogP contribution < -0.4 is 9.47 Å². The van der Waals surface area contributed by atoms with E-state index in [1.165, 1.54) is 0 Å². The van der Waals surface area contributed by atoms with E-state index in [1.54, 1.807) is 12.3 Å². The number of rotatable bonds is 5. The standard InChI is InChI=1S/C12H14O2/c1-3-9-13-11-7-5-6-8-12(11)14-10-4-2/h3-8,10H,1,9H2,2H3. The minimum absolute atomic E-state index is 0.482. The maximum Gasteiger partial charge on any atom is 0.168 e. The molecule has 2 heteroatoms. The van der Waals surface area contributed by atoms with E-state index in [0.29, 0.717) is 12.4 Å². The van der Waals surface area contributed by atoms with E-state index < -0.39 is 0 Å². The van der Waals surface area contributed by atoms with Crippen molar-refractivity contribution in [3.8, 4) is 11.5 Å². The zero-order valence-corrected chi connectivity index (χ0v) is 8.27. The molecule has 1 aromatic rings. The van der Waals surface area contributed by atoms with Crippen molar-refractivity contribution in [3.05, 3.63) is 49.3 Å². The summed E-state index contributed by atoms with van der Waals surface area (Å²) in [4.78, 5) is 0. The van der Waals surface area contributed by atoms with Gasteiger partial charge in [-0.25, -0.2) is 0 Å². The van der Waals surface area contributed by atoms with E-state index in [1.807, 2.05) is 37.3 Å². The average molecular weight is 190 g/mol. The minimum Gasteiger partial charge on any atom is -0.486 e. The Morgan fingerprint density at radius 1 is 1.29 bits per heavy atom. The van der Waals surface area contributed by atoms with Gasteiger partial charge >= 0.3 is 0 Å². The molecule has 0 aliphatic rings. The summed E-state index contributed by atoms with van der Waals surface area (Å²) in [7, 11) is 0. The van der Waals surface area contributed by atoms with Crippen LogP contribution >= 0.6 is 0 Å². The first kappa shape index (κ1) is 10.4. The van der Waals surface area contributed by atoms with Crippen molar-refractivity contribution >= 4 is 0 Å². The summed E-state index contributed by atoms with van der Waals surface area (Å²) in [6.07, 6.45) is 5.15. The number of para-hydroxylation sites is 2. The van der Waals surface area contributed by atoms with Gasteiger partial charge in [0.15, 0.2) is 11.5 Å². The molecule has 74 valence electrons. The van der Waals surface area contributed by atoms with Crippen LogP contribution in [0.5, 0.6) is 11.5 Å². The number of hydrogen-bond acceptors (Lipinski definition) is 2. The molecule has 2 nitrogen and oxygen atoms in total. The molecule has 0 aliphatic heterocycles. The monoisotopic (exact) mass is 190 g/mol. The number of ether oxygens (including phenoxy) is 2. The molecule has 0 aliphatic carbocycles. The molecule has 0 aromatic heterocycles. The molecule has 0 bridgehead atoms. The fourth-order valence-corrected chi connectivity index (χ4v) is 0.957.